The lowest BCUT2D eigenvalue weighted by atomic mass is 9.83. The molecule has 0 aliphatic heterocycles. The molecule has 0 radical (unpaired) electrons. The van der Waals surface area contributed by atoms with E-state index in [4.69, 9.17) is 5.73 Å². The van der Waals surface area contributed by atoms with E-state index >= 15 is 0 Å². The highest BCUT2D eigenvalue weighted by Crippen LogP contribution is 2.28. The first-order chi connectivity index (χ1) is 9.31. The van der Waals surface area contributed by atoms with E-state index in [0.717, 1.165) is 18.9 Å². The van der Waals surface area contributed by atoms with Gasteiger partial charge in [0.15, 0.2) is 0 Å². The highest BCUT2D eigenvalue weighted by Gasteiger charge is 2.16. The molecule has 8 nitrogen and oxygen atoms in total. The number of anilines is 2. The minimum atomic E-state index is 0.173. The zero-order valence-electron chi connectivity index (χ0n) is 10.5. The van der Waals surface area contributed by atoms with Crippen molar-refractivity contribution in [2.45, 2.75) is 25.7 Å². The van der Waals surface area contributed by atoms with E-state index in [1.54, 1.807) is 0 Å². The van der Waals surface area contributed by atoms with Gasteiger partial charge in [0.2, 0.25) is 11.9 Å². The summed E-state index contributed by atoms with van der Waals surface area (Å²) >= 11 is 0. The van der Waals surface area contributed by atoms with Gasteiger partial charge in [0.25, 0.3) is 5.95 Å². The quantitative estimate of drug-likeness (QED) is 0.812. The Hall–Kier alpha value is -2.25. The van der Waals surface area contributed by atoms with Crippen molar-refractivity contribution >= 4 is 11.9 Å². The van der Waals surface area contributed by atoms with Crippen LogP contribution in [-0.4, -0.2) is 36.3 Å². The van der Waals surface area contributed by atoms with Gasteiger partial charge in [-0.2, -0.15) is 24.7 Å². The molecule has 19 heavy (non-hydrogen) atoms. The molecule has 0 atom stereocenters. The van der Waals surface area contributed by atoms with Gasteiger partial charge in [0, 0.05) is 6.54 Å². The summed E-state index contributed by atoms with van der Waals surface area (Å²) in [5.41, 5.74) is 5.67. The average molecular weight is 260 g/mol. The second-order valence-electron chi connectivity index (χ2n) is 4.67. The molecular formula is C11H16N8. The Labute approximate surface area is 110 Å². The fourth-order valence-corrected chi connectivity index (χ4v) is 2.04. The highest BCUT2D eigenvalue weighted by molar-refractivity contribution is 5.34. The van der Waals surface area contributed by atoms with Gasteiger partial charge in [-0.25, -0.2) is 4.98 Å². The molecule has 2 heterocycles. The number of hydrogen-bond donors (Lipinski definition) is 2. The van der Waals surface area contributed by atoms with Crippen molar-refractivity contribution in [2.75, 3.05) is 17.6 Å². The molecule has 3 N–H and O–H groups in total. The maximum Gasteiger partial charge on any atom is 0.258 e. The second-order valence-corrected chi connectivity index (χ2v) is 4.67. The molecule has 100 valence electrons. The number of nitrogen functional groups attached to an aromatic ring is 1. The number of aromatic nitrogens is 6. The van der Waals surface area contributed by atoms with Gasteiger partial charge >= 0.3 is 0 Å². The van der Waals surface area contributed by atoms with E-state index in [9.17, 15) is 0 Å². The molecule has 0 spiro atoms. The third kappa shape index (κ3) is 2.78. The smallest absolute Gasteiger partial charge is 0.258 e. The number of rotatable bonds is 5. The van der Waals surface area contributed by atoms with Crippen LogP contribution in [0.4, 0.5) is 11.9 Å². The van der Waals surface area contributed by atoms with Crippen LogP contribution in [0.1, 0.15) is 25.7 Å². The van der Waals surface area contributed by atoms with Crippen molar-refractivity contribution in [2.24, 2.45) is 5.92 Å². The van der Waals surface area contributed by atoms with Gasteiger partial charge in [-0.1, -0.05) is 19.3 Å². The third-order valence-electron chi connectivity index (χ3n) is 3.33. The van der Waals surface area contributed by atoms with Crippen LogP contribution in [0, 0.1) is 5.92 Å². The SMILES string of the molecule is Nc1nc(NCCC2CCC2)nc(-n2cncn2)n1. The highest BCUT2D eigenvalue weighted by atomic mass is 15.4. The molecular weight excluding hydrogens is 244 g/mol. The summed E-state index contributed by atoms with van der Waals surface area (Å²) in [6.45, 7) is 0.852. The molecule has 0 aromatic carbocycles. The van der Waals surface area contributed by atoms with Crippen molar-refractivity contribution in [3.8, 4) is 5.95 Å². The van der Waals surface area contributed by atoms with Crippen molar-refractivity contribution < 1.29 is 0 Å². The maximum atomic E-state index is 5.67. The van der Waals surface area contributed by atoms with Gasteiger partial charge in [-0.3, -0.25) is 0 Å². The largest absolute Gasteiger partial charge is 0.368 e. The summed E-state index contributed by atoms with van der Waals surface area (Å²) < 4.78 is 1.45. The van der Waals surface area contributed by atoms with Gasteiger partial charge in [0.05, 0.1) is 0 Å². The molecule has 8 heteroatoms. The van der Waals surface area contributed by atoms with Crippen molar-refractivity contribution in [3.05, 3.63) is 12.7 Å². The van der Waals surface area contributed by atoms with Gasteiger partial charge < -0.3 is 11.1 Å². The van der Waals surface area contributed by atoms with Crippen LogP contribution < -0.4 is 11.1 Å². The fourth-order valence-electron chi connectivity index (χ4n) is 2.04. The van der Waals surface area contributed by atoms with E-state index in [2.05, 4.69) is 30.4 Å². The van der Waals surface area contributed by atoms with Crippen LogP contribution in [0.3, 0.4) is 0 Å². The lowest BCUT2D eigenvalue weighted by Crippen LogP contribution is -2.17. The Balaban J connectivity index is 1.67. The summed E-state index contributed by atoms with van der Waals surface area (Å²) in [5, 5.41) is 7.15. The van der Waals surface area contributed by atoms with Crippen molar-refractivity contribution in [1.82, 2.24) is 29.7 Å². The lowest BCUT2D eigenvalue weighted by molar-refractivity contribution is 0.303. The van der Waals surface area contributed by atoms with Crippen LogP contribution in [0.2, 0.25) is 0 Å². The topological polar surface area (TPSA) is 107 Å². The summed E-state index contributed by atoms with van der Waals surface area (Å²) in [6, 6.07) is 0. The first-order valence-corrected chi connectivity index (χ1v) is 6.42. The van der Waals surface area contributed by atoms with Crippen LogP contribution in [-0.2, 0) is 0 Å². The molecule has 2 aromatic rings. The minimum Gasteiger partial charge on any atom is -0.368 e. The number of hydrogen-bond acceptors (Lipinski definition) is 7. The molecule has 0 unspecified atom stereocenters. The molecule has 1 aliphatic rings. The van der Waals surface area contributed by atoms with E-state index in [0.29, 0.717) is 11.9 Å². The summed E-state index contributed by atoms with van der Waals surface area (Å²) in [7, 11) is 0. The third-order valence-corrected chi connectivity index (χ3v) is 3.33. The second kappa shape index (κ2) is 5.17. The maximum absolute atomic E-state index is 5.67. The lowest BCUT2D eigenvalue weighted by Gasteiger charge is -2.25. The van der Waals surface area contributed by atoms with Crippen LogP contribution in [0.15, 0.2) is 12.7 Å². The predicted molar refractivity (Wildman–Crippen MR) is 69.6 cm³/mol. The predicted octanol–water partition coefficient (Wildman–Crippen LogP) is 0.637. The number of nitrogens with two attached hydrogens (primary N) is 1. The molecule has 1 fully saturated rings. The molecule has 1 saturated carbocycles. The molecule has 0 bridgehead atoms. The Morgan fingerprint density at radius 1 is 1.32 bits per heavy atom. The van der Waals surface area contributed by atoms with Crippen LogP contribution >= 0.6 is 0 Å². The summed E-state index contributed by atoms with van der Waals surface area (Å²) in [4.78, 5) is 16.2. The zero-order valence-corrected chi connectivity index (χ0v) is 10.5. The molecule has 2 aromatic heterocycles. The molecule has 3 rings (SSSR count). The van der Waals surface area contributed by atoms with Crippen LogP contribution in [0.25, 0.3) is 5.95 Å². The molecule has 1 aliphatic carbocycles. The summed E-state index contributed by atoms with van der Waals surface area (Å²) in [6.07, 6.45) is 8.12. The van der Waals surface area contributed by atoms with Crippen LogP contribution in [0.5, 0.6) is 0 Å². The monoisotopic (exact) mass is 260 g/mol. The Morgan fingerprint density at radius 3 is 2.89 bits per heavy atom. The summed E-state index contributed by atoms with van der Waals surface area (Å²) in [5.74, 6) is 1.88. The average Bonchev–Trinajstić information content (AvgIpc) is 2.85. The van der Waals surface area contributed by atoms with Gasteiger partial charge in [-0.15, -0.1) is 0 Å². The zero-order chi connectivity index (χ0) is 13.1. The Kier molecular flexibility index (Phi) is 3.21. The first-order valence-electron chi connectivity index (χ1n) is 6.42. The van der Waals surface area contributed by atoms with E-state index in [1.807, 2.05) is 0 Å². The van der Waals surface area contributed by atoms with Gasteiger partial charge in [-0.05, 0) is 12.3 Å². The Morgan fingerprint density at radius 2 is 2.21 bits per heavy atom. The number of nitrogens with one attached hydrogen (secondary N) is 1. The fraction of sp³-hybridized carbons (Fsp3) is 0.545. The molecule has 0 saturated heterocycles. The van der Waals surface area contributed by atoms with Crippen molar-refractivity contribution in [3.63, 3.8) is 0 Å². The minimum absolute atomic E-state index is 0.173. The van der Waals surface area contributed by atoms with E-state index in [-0.39, 0.29) is 5.95 Å². The standard InChI is InChI=1S/C11H16N8/c12-9-16-10(14-5-4-8-2-1-3-8)18-11(17-9)19-7-13-6-15-19/h6-8H,1-5H2,(H3,12,14,16,17,18). The molecule has 0 amide bonds. The van der Waals surface area contributed by atoms with E-state index in [1.165, 1.54) is 36.6 Å². The first kappa shape index (κ1) is 11.8. The van der Waals surface area contributed by atoms with Gasteiger partial charge in [0.1, 0.15) is 12.7 Å². The van der Waals surface area contributed by atoms with E-state index < -0.39 is 0 Å². The Bertz CT molecular complexity index is 534. The van der Waals surface area contributed by atoms with Crippen molar-refractivity contribution in [1.29, 1.82) is 0 Å². The number of nitrogens with zero attached hydrogens (tertiary/aromatic N) is 6. The normalized spacial score (nSPS) is 15.2.